The molecule has 0 saturated carbocycles. The molecule has 1 aromatic rings. The third kappa shape index (κ3) is 4.82. The van der Waals surface area contributed by atoms with E-state index in [0.717, 1.165) is 36.1 Å². The van der Waals surface area contributed by atoms with Gasteiger partial charge in [-0.25, -0.2) is 0 Å². The van der Waals surface area contributed by atoms with E-state index in [1.54, 1.807) is 0 Å². The lowest BCUT2D eigenvalue weighted by Gasteiger charge is -2.29. The maximum Gasteiger partial charge on any atom is 0.308 e. The van der Waals surface area contributed by atoms with Crippen LogP contribution in [0.25, 0.3) is 0 Å². The van der Waals surface area contributed by atoms with Crippen LogP contribution in [0.3, 0.4) is 0 Å². The summed E-state index contributed by atoms with van der Waals surface area (Å²) in [6.45, 7) is 1.84. The van der Waals surface area contributed by atoms with Crippen LogP contribution in [0.4, 0.5) is 5.69 Å². The van der Waals surface area contributed by atoms with E-state index >= 15 is 0 Å². The van der Waals surface area contributed by atoms with Crippen LogP contribution in [0.15, 0.2) is 28.7 Å². The van der Waals surface area contributed by atoms with Gasteiger partial charge in [0, 0.05) is 10.2 Å². The number of nitrogens with zero attached hydrogens (tertiary/aromatic N) is 1. The highest BCUT2D eigenvalue weighted by atomic mass is 79.9. The molecule has 0 spiro atoms. The number of benzene rings is 1. The Hall–Kier alpha value is -1.40. The first kappa shape index (κ1) is 16.0. The summed E-state index contributed by atoms with van der Waals surface area (Å²) in [5, 5.41) is 2.87. The molecule has 1 aromatic carbocycles. The first-order valence-electron chi connectivity index (χ1n) is 6.94. The van der Waals surface area contributed by atoms with Gasteiger partial charge < -0.3 is 10.1 Å². The number of methoxy groups -OCH3 is 1. The molecule has 21 heavy (non-hydrogen) atoms. The number of halogens is 1. The van der Waals surface area contributed by atoms with E-state index in [9.17, 15) is 9.59 Å². The smallest absolute Gasteiger partial charge is 0.308 e. The van der Waals surface area contributed by atoms with E-state index < -0.39 is 0 Å². The number of carbonyl (C=O) groups is 2. The molecule has 0 radical (unpaired) electrons. The first-order valence-corrected chi connectivity index (χ1v) is 7.73. The van der Waals surface area contributed by atoms with E-state index in [1.807, 2.05) is 24.3 Å². The molecule has 0 aliphatic carbocycles. The van der Waals surface area contributed by atoms with Crippen LogP contribution in [0.1, 0.15) is 12.8 Å². The molecule has 0 unspecified atom stereocenters. The van der Waals surface area contributed by atoms with Gasteiger partial charge in [0.1, 0.15) is 0 Å². The van der Waals surface area contributed by atoms with Crippen molar-refractivity contribution in [3.05, 3.63) is 28.7 Å². The normalized spacial score (nSPS) is 16.5. The Balaban J connectivity index is 1.76. The average molecular weight is 355 g/mol. The molecule has 0 atom stereocenters. The summed E-state index contributed by atoms with van der Waals surface area (Å²) in [5.74, 6) is -0.205. The molecule has 6 heteroatoms. The summed E-state index contributed by atoms with van der Waals surface area (Å²) in [5.41, 5.74) is 0.785. The van der Waals surface area contributed by atoms with Gasteiger partial charge in [-0.05, 0) is 50.2 Å². The minimum absolute atomic E-state index is 0.0271. The molecule has 1 saturated heterocycles. The van der Waals surface area contributed by atoms with Gasteiger partial charge in [0.05, 0.1) is 19.6 Å². The zero-order chi connectivity index (χ0) is 15.2. The van der Waals surface area contributed by atoms with Gasteiger partial charge in [-0.1, -0.05) is 15.9 Å². The van der Waals surface area contributed by atoms with Crippen molar-refractivity contribution < 1.29 is 14.3 Å². The Morgan fingerprint density at radius 1 is 1.29 bits per heavy atom. The number of esters is 1. The van der Waals surface area contributed by atoms with Crippen LogP contribution in [0, 0.1) is 5.92 Å². The highest BCUT2D eigenvalue weighted by Crippen LogP contribution is 2.18. The fraction of sp³-hybridized carbons (Fsp3) is 0.467. The van der Waals surface area contributed by atoms with Gasteiger partial charge in [-0.15, -0.1) is 0 Å². The first-order chi connectivity index (χ1) is 10.1. The lowest BCUT2D eigenvalue weighted by atomic mass is 9.97. The summed E-state index contributed by atoms with van der Waals surface area (Å²) in [6, 6.07) is 7.48. The van der Waals surface area contributed by atoms with Crippen molar-refractivity contribution in [3.8, 4) is 0 Å². The number of anilines is 1. The Labute approximate surface area is 132 Å². The molecular weight excluding hydrogens is 336 g/mol. The van der Waals surface area contributed by atoms with Crippen molar-refractivity contribution >= 4 is 33.5 Å². The van der Waals surface area contributed by atoms with E-state index in [0.29, 0.717) is 6.54 Å². The van der Waals surface area contributed by atoms with Crippen LogP contribution in [0.5, 0.6) is 0 Å². The molecule has 1 amide bonds. The molecule has 1 aliphatic heterocycles. The number of piperidine rings is 1. The number of ether oxygens (including phenoxy) is 1. The van der Waals surface area contributed by atoms with Crippen molar-refractivity contribution in [3.63, 3.8) is 0 Å². The standard InChI is InChI=1S/C15H19BrN2O3/c1-21-15(20)11-6-8-18(9-7-11)10-14(19)17-13-4-2-12(16)3-5-13/h2-5,11H,6-10H2,1H3,(H,17,19). The molecule has 1 aliphatic rings. The Morgan fingerprint density at radius 3 is 2.48 bits per heavy atom. The molecule has 0 bridgehead atoms. The minimum atomic E-state index is -0.144. The van der Waals surface area contributed by atoms with Gasteiger partial charge in [-0.3, -0.25) is 14.5 Å². The maximum atomic E-state index is 12.0. The van der Waals surface area contributed by atoms with Crippen LogP contribution in [-0.4, -0.2) is 43.5 Å². The maximum absolute atomic E-state index is 12.0. The molecule has 1 fully saturated rings. The molecule has 114 valence electrons. The second-order valence-corrected chi connectivity index (χ2v) is 6.04. The number of nitrogens with one attached hydrogen (secondary N) is 1. The van der Waals surface area contributed by atoms with Gasteiger partial charge >= 0.3 is 5.97 Å². The fourth-order valence-corrected chi connectivity index (χ4v) is 2.69. The molecule has 1 heterocycles. The zero-order valence-corrected chi connectivity index (χ0v) is 13.6. The third-order valence-electron chi connectivity index (χ3n) is 3.62. The predicted molar refractivity (Wildman–Crippen MR) is 84.0 cm³/mol. The second kappa shape index (κ2) is 7.56. The van der Waals surface area contributed by atoms with Crippen molar-refractivity contribution in [2.45, 2.75) is 12.8 Å². The monoisotopic (exact) mass is 354 g/mol. The highest BCUT2D eigenvalue weighted by Gasteiger charge is 2.26. The van der Waals surface area contributed by atoms with Crippen molar-refractivity contribution in [2.75, 3.05) is 32.1 Å². The number of hydrogen-bond donors (Lipinski definition) is 1. The second-order valence-electron chi connectivity index (χ2n) is 5.13. The van der Waals surface area contributed by atoms with Crippen LogP contribution < -0.4 is 5.32 Å². The zero-order valence-electron chi connectivity index (χ0n) is 12.0. The topological polar surface area (TPSA) is 58.6 Å². The summed E-state index contributed by atoms with van der Waals surface area (Å²) >= 11 is 3.36. The molecule has 0 aromatic heterocycles. The summed E-state index contributed by atoms with van der Waals surface area (Å²) < 4.78 is 5.73. The van der Waals surface area contributed by atoms with Gasteiger partial charge in [0.25, 0.3) is 0 Å². The summed E-state index contributed by atoms with van der Waals surface area (Å²) in [6.07, 6.45) is 1.50. The van der Waals surface area contributed by atoms with E-state index in [-0.39, 0.29) is 17.8 Å². The van der Waals surface area contributed by atoms with Gasteiger partial charge in [0.15, 0.2) is 0 Å². The average Bonchev–Trinajstić information content (AvgIpc) is 2.49. The summed E-state index contributed by atoms with van der Waals surface area (Å²) in [7, 11) is 1.42. The Bertz CT molecular complexity index is 496. The lowest BCUT2D eigenvalue weighted by Crippen LogP contribution is -2.41. The van der Waals surface area contributed by atoms with Crippen molar-refractivity contribution in [1.82, 2.24) is 4.90 Å². The van der Waals surface area contributed by atoms with Gasteiger partial charge in [0.2, 0.25) is 5.91 Å². The van der Waals surface area contributed by atoms with Crippen LogP contribution in [0.2, 0.25) is 0 Å². The number of likely N-dealkylation sites (tertiary alicyclic amines) is 1. The fourth-order valence-electron chi connectivity index (χ4n) is 2.43. The molecule has 2 rings (SSSR count). The van der Waals surface area contributed by atoms with Crippen molar-refractivity contribution in [1.29, 1.82) is 0 Å². The number of rotatable bonds is 4. The minimum Gasteiger partial charge on any atom is -0.469 e. The Kier molecular flexibility index (Phi) is 5.76. The molecule has 5 nitrogen and oxygen atoms in total. The van der Waals surface area contributed by atoms with Crippen LogP contribution in [-0.2, 0) is 14.3 Å². The molecule has 1 N–H and O–H groups in total. The summed E-state index contributed by atoms with van der Waals surface area (Å²) in [4.78, 5) is 25.5. The third-order valence-corrected chi connectivity index (χ3v) is 4.15. The van der Waals surface area contributed by atoms with Gasteiger partial charge in [-0.2, -0.15) is 0 Å². The number of amides is 1. The number of hydrogen-bond acceptors (Lipinski definition) is 4. The number of carbonyl (C=O) groups excluding carboxylic acids is 2. The quantitative estimate of drug-likeness (QED) is 0.842. The highest BCUT2D eigenvalue weighted by molar-refractivity contribution is 9.10. The lowest BCUT2D eigenvalue weighted by molar-refractivity contribution is -0.147. The SMILES string of the molecule is COC(=O)C1CCN(CC(=O)Nc2ccc(Br)cc2)CC1. The van der Waals surface area contributed by atoms with Crippen molar-refractivity contribution in [2.24, 2.45) is 5.92 Å². The largest absolute Gasteiger partial charge is 0.469 e. The molecular formula is C15H19BrN2O3. The van der Waals surface area contributed by atoms with Crippen LogP contribution >= 0.6 is 15.9 Å². The Morgan fingerprint density at radius 2 is 1.90 bits per heavy atom. The van der Waals surface area contributed by atoms with E-state index in [2.05, 4.69) is 26.1 Å². The van der Waals surface area contributed by atoms with E-state index in [4.69, 9.17) is 4.74 Å². The van der Waals surface area contributed by atoms with E-state index in [1.165, 1.54) is 7.11 Å². The predicted octanol–water partition coefficient (Wildman–Crippen LogP) is 2.27.